The first-order valence-electron chi connectivity index (χ1n) is 7.42. The third kappa shape index (κ3) is 4.50. The Balaban J connectivity index is 1.84. The van der Waals surface area contributed by atoms with Crippen LogP contribution in [0.1, 0.15) is 26.2 Å². The zero-order chi connectivity index (χ0) is 16.9. The van der Waals surface area contributed by atoms with Crippen molar-refractivity contribution in [2.75, 3.05) is 6.54 Å². The summed E-state index contributed by atoms with van der Waals surface area (Å²) in [6, 6.07) is 4.64. The number of pyridine rings is 1. The van der Waals surface area contributed by atoms with Crippen LogP contribution in [-0.4, -0.2) is 33.4 Å². The fraction of sp³-hybridized carbons (Fsp3) is 0.500. The monoisotopic (exact) mass is 316 g/mol. The van der Waals surface area contributed by atoms with Crippen LogP contribution in [0.15, 0.2) is 39.4 Å². The Hall–Kier alpha value is -2.46. The Kier molecular flexibility index (Phi) is 4.96. The van der Waals surface area contributed by atoms with E-state index in [9.17, 15) is 14.7 Å². The number of terminal acetylenes is 1. The molecule has 122 valence electrons. The van der Waals surface area contributed by atoms with E-state index in [1.54, 1.807) is 12.1 Å². The second-order valence-electron chi connectivity index (χ2n) is 5.83. The first-order chi connectivity index (χ1) is 10.9. The van der Waals surface area contributed by atoms with Crippen LogP contribution in [0.5, 0.6) is 0 Å². The molecule has 7 heteroatoms. The summed E-state index contributed by atoms with van der Waals surface area (Å²) in [5, 5.41) is 20.9. The number of carbonyl (C=O) groups excluding carboxylic acids is 1. The Morgan fingerprint density at radius 2 is 2.22 bits per heavy atom. The molecule has 2 heterocycles. The van der Waals surface area contributed by atoms with Crippen molar-refractivity contribution in [2.45, 2.75) is 44.0 Å². The highest BCUT2D eigenvalue weighted by atomic mass is 16.3. The molecule has 0 aromatic carbocycles. The number of nitrogens with one attached hydrogen (secondary N) is 1. The second-order valence-corrected chi connectivity index (χ2v) is 5.83. The molecule has 2 N–H and O–H groups in total. The molecule has 1 atom stereocenters. The zero-order valence-corrected chi connectivity index (χ0v) is 13.0. The van der Waals surface area contributed by atoms with Crippen molar-refractivity contribution in [3.63, 3.8) is 0 Å². The molecular formula is C16H20N4O3. The van der Waals surface area contributed by atoms with Crippen molar-refractivity contribution in [1.29, 1.82) is 0 Å². The van der Waals surface area contributed by atoms with Gasteiger partial charge in [0, 0.05) is 38.1 Å². The molecule has 1 aromatic rings. The molecular weight excluding hydrogens is 296 g/mol. The van der Waals surface area contributed by atoms with Crippen molar-refractivity contribution in [3.05, 3.63) is 34.7 Å². The molecule has 0 bridgehead atoms. The largest absolute Gasteiger partial charge is 0.378 e. The predicted molar refractivity (Wildman–Crippen MR) is 84.6 cm³/mol. The number of aliphatic hydroxyl groups is 1. The Morgan fingerprint density at radius 1 is 1.48 bits per heavy atom. The average Bonchev–Trinajstić information content (AvgIpc) is 3.27. The number of nitrogens with zero attached hydrogens (tertiary/aromatic N) is 3. The van der Waals surface area contributed by atoms with Gasteiger partial charge in [-0.2, -0.15) is 10.2 Å². The van der Waals surface area contributed by atoms with E-state index in [4.69, 9.17) is 6.42 Å². The lowest BCUT2D eigenvalue weighted by Crippen LogP contribution is -2.49. The molecule has 1 aliphatic heterocycles. The summed E-state index contributed by atoms with van der Waals surface area (Å²) in [5.74, 6) is 2.00. The minimum absolute atomic E-state index is 0.116. The van der Waals surface area contributed by atoms with E-state index >= 15 is 0 Å². The molecule has 1 aliphatic rings. The summed E-state index contributed by atoms with van der Waals surface area (Å²) in [5.41, 5.74) is -2.43. The van der Waals surface area contributed by atoms with Crippen LogP contribution in [0.4, 0.5) is 0 Å². The number of aromatic nitrogens is 1. The van der Waals surface area contributed by atoms with Crippen LogP contribution in [-0.2, 0) is 11.3 Å². The maximum absolute atomic E-state index is 12.1. The van der Waals surface area contributed by atoms with Gasteiger partial charge >= 0.3 is 0 Å². The molecule has 2 rings (SSSR count). The Labute approximate surface area is 134 Å². The molecule has 0 fully saturated rings. The highest BCUT2D eigenvalue weighted by Crippen LogP contribution is 2.36. The smallest absolute Gasteiger partial charge is 0.253 e. The van der Waals surface area contributed by atoms with E-state index in [0.29, 0.717) is 25.8 Å². The second kappa shape index (κ2) is 6.75. The van der Waals surface area contributed by atoms with Gasteiger partial charge in [0.15, 0.2) is 11.3 Å². The Morgan fingerprint density at radius 3 is 2.83 bits per heavy atom. The van der Waals surface area contributed by atoms with Gasteiger partial charge in [0.2, 0.25) is 0 Å². The molecule has 1 amide bonds. The summed E-state index contributed by atoms with van der Waals surface area (Å²) >= 11 is 0. The number of hydrogen-bond donors (Lipinski definition) is 2. The van der Waals surface area contributed by atoms with Crippen molar-refractivity contribution < 1.29 is 9.90 Å². The Bertz CT molecular complexity index is 694. The van der Waals surface area contributed by atoms with Gasteiger partial charge in [-0.15, -0.1) is 12.3 Å². The maximum Gasteiger partial charge on any atom is 0.253 e. The first-order valence-corrected chi connectivity index (χ1v) is 7.42. The molecule has 0 radical (unpaired) electrons. The number of rotatable bonds is 8. The molecule has 1 unspecified atom stereocenters. The van der Waals surface area contributed by atoms with E-state index in [1.807, 2.05) is 0 Å². The minimum atomic E-state index is -1.69. The third-order valence-electron chi connectivity index (χ3n) is 3.73. The van der Waals surface area contributed by atoms with Crippen molar-refractivity contribution in [3.8, 4) is 12.3 Å². The van der Waals surface area contributed by atoms with Crippen LogP contribution >= 0.6 is 0 Å². The lowest BCUT2D eigenvalue weighted by Gasteiger charge is -2.23. The van der Waals surface area contributed by atoms with Gasteiger partial charge in [-0.25, -0.2) is 0 Å². The highest BCUT2D eigenvalue weighted by molar-refractivity contribution is 5.84. The molecule has 1 aromatic heterocycles. The normalized spacial score (nSPS) is 17.1. The van der Waals surface area contributed by atoms with Crippen LogP contribution in [0, 0.1) is 12.3 Å². The number of carbonyl (C=O) groups is 1. The molecule has 0 aliphatic carbocycles. The zero-order valence-electron chi connectivity index (χ0n) is 13.0. The minimum Gasteiger partial charge on any atom is -0.378 e. The topological polar surface area (TPSA) is 96.0 Å². The average molecular weight is 316 g/mol. The van der Waals surface area contributed by atoms with Crippen LogP contribution in [0.3, 0.4) is 0 Å². The van der Waals surface area contributed by atoms with Crippen molar-refractivity contribution in [2.24, 2.45) is 10.2 Å². The molecule has 0 spiro atoms. The number of amides is 1. The fourth-order valence-corrected chi connectivity index (χ4v) is 2.23. The van der Waals surface area contributed by atoms with Crippen molar-refractivity contribution >= 4 is 5.91 Å². The highest BCUT2D eigenvalue weighted by Gasteiger charge is 2.39. The number of hydrogen-bond acceptors (Lipinski definition) is 5. The molecule has 0 saturated carbocycles. The SMILES string of the molecule is C#CCCC1(CCNC(=O)C(C)(O)Cn2ccccc2=O)N=N1. The van der Waals surface area contributed by atoms with E-state index in [-0.39, 0.29) is 12.1 Å². The summed E-state index contributed by atoms with van der Waals surface area (Å²) in [6.07, 6.45) is 8.53. The standard InChI is InChI=1S/C16H20N4O3/c1-3-4-8-16(18-19-16)9-10-17-14(22)15(2,23)12-20-11-6-5-7-13(20)21/h1,5-7,11,23H,4,8-10,12H2,2H3,(H,17,22). The van der Waals surface area contributed by atoms with Gasteiger partial charge in [0.05, 0.1) is 6.54 Å². The van der Waals surface area contributed by atoms with Gasteiger partial charge in [0.25, 0.3) is 11.5 Å². The van der Waals surface area contributed by atoms with Crippen LogP contribution < -0.4 is 10.9 Å². The predicted octanol–water partition coefficient (Wildman–Crippen LogP) is 0.681. The summed E-state index contributed by atoms with van der Waals surface area (Å²) in [7, 11) is 0. The van der Waals surface area contributed by atoms with E-state index in [1.165, 1.54) is 23.8 Å². The van der Waals surface area contributed by atoms with Gasteiger partial charge < -0.3 is 15.0 Å². The lowest BCUT2D eigenvalue weighted by atomic mass is 10.0. The summed E-state index contributed by atoms with van der Waals surface area (Å²) in [6.45, 7) is 1.59. The molecule has 23 heavy (non-hydrogen) atoms. The maximum atomic E-state index is 12.1. The van der Waals surface area contributed by atoms with Gasteiger partial charge in [-0.1, -0.05) is 6.07 Å². The summed E-state index contributed by atoms with van der Waals surface area (Å²) in [4.78, 5) is 23.8. The summed E-state index contributed by atoms with van der Waals surface area (Å²) < 4.78 is 1.29. The lowest BCUT2D eigenvalue weighted by molar-refractivity contribution is -0.139. The van der Waals surface area contributed by atoms with Gasteiger partial charge in [-0.3, -0.25) is 9.59 Å². The van der Waals surface area contributed by atoms with Crippen LogP contribution in [0.2, 0.25) is 0 Å². The quantitative estimate of drug-likeness (QED) is 0.690. The third-order valence-corrected chi connectivity index (χ3v) is 3.73. The van der Waals surface area contributed by atoms with E-state index < -0.39 is 17.2 Å². The molecule has 0 saturated heterocycles. The first kappa shape index (κ1) is 16.9. The fourth-order valence-electron chi connectivity index (χ4n) is 2.23. The molecule has 7 nitrogen and oxygen atoms in total. The van der Waals surface area contributed by atoms with E-state index in [0.717, 1.165) is 0 Å². The van der Waals surface area contributed by atoms with Crippen LogP contribution in [0.25, 0.3) is 0 Å². The van der Waals surface area contributed by atoms with Crippen molar-refractivity contribution in [1.82, 2.24) is 9.88 Å². The van der Waals surface area contributed by atoms with Gasteiger partial charge in [-0.05, 0) is 13.0 Å². The van der Waals surface area contributed by atoms with E-state index in [2.05, 4.69) is 21.5 Å². The van der Waals surface area contributed by atoms with Gasteiger partial charge in [0.1, 0.15) is 0 Å².